The van der Waals surface area contributed by atoms with Crippen LogP contribution >= 0.6 is 12.4 Å². The van der Waals surface area contributed by atoms with E-state index in [1.807, 2.05) is 0 Å². The maximum Gasteiger partial charge on any atom is 0.134 e. The van der Waals surface area contributed by atoms with Crippen LogP contribution in [0.2, 0.25) is 0 Å². The smallest absolute Gasteiger partial charge is 0.134 e. The molecular formula is C11H24ClNO. The Morgan fingerprint density at radius 1 is 1.21 bits per heavy atom. The van der Waals surface area contributed by atoms with Gasteiger partial charge in [-0.05, 0) is 25.9 Å². The molecule has 0 radical (unpaired) electrons. The van der Waals surface area contributed by atoms with Crippen molar-refractivity contribution in [3.05, 3.63) is 0 Å². The summed E-state index contributed by atoms with van der Waals surface area (Å²) in [4.78, 5) is 13.6. The molecule has 1 atom stereocenters. The van der Waals surface area contributed by atoms with Gasteiger partial charge in [0.05, 0.1) is 0 Å². The number of Topliss-reactive ketones (excluding diaryl/α,β-unsaturated/α-hetero) is 1. The summed E-state index contributed by atoms with van der Waals surface area (Å²) in [6.07, 6.45) is 0. The van der Waals surface area contributed by atoms with Crippen LogP contribution in [0.4, 0.5) is 0 Å². The summed E-state index contributed by atoms with van der Waals surface area (Å²) >= 11 is 0. The summed E-state index contributed by atoms with van der Waals surface area (Å²) < 4.78 is 0. The molecule has 0 aliphatic rings. The van der Waals surface area contributed by atoms with Crippen molar-refractivity contribution >= 4 is 18.2 Å². The van der Waals surface area contributed by atoms with E-state index in [0.29, 0.717) is 11.7 Å². The standard InChI is InChI=1S/C11H23NO.ClH/c1-6-12(7-2)8-11(9(3)4)10(5)13;/h9,11H,6-8H2,1-5H3;1H. The summed E-state index contributed by atoms with van der Waals surface area (Å²) in [6, 6.07) is 0. The minimum atomic E-state index is 0. The predicted octanol–water partition coefficient (Wildman–Crippen LogP) is 2.61. The highest BCUT2D eigenvalue weighted by Gasteiger charge is 2.20. The lowest BCUT2D eigenvalue weighted by molar-refractivity contribution is -0.122. The quantitative estimate of drug-likeness (QED) is 0.687. The maximum absolute atomic E-state index is 11.3. The van der Waals surface area contributed by atoms with Gasteiger partial charge in [-0.15, -0.1) is 12.4 Å². The molecular weight excluding hydrogens is 198 g/mol. The topological polar surface area (TPSA) is 20.3 Å². The van der Waals surface area contributed by atoms with Crippen LogP contribution in [0.3, 0.4) is 0 Å². The number of ketones is 1. The number of rotatable bonds is 6. The van der Waals surface area contributed by atoms with Gasteiger partial charge in [0.15, 0.2) is 0 Å². The van der Waals surface area contributed by atoms with Gasteiger partial charge in [0, 0.05) is 12.5 Å². The van der Waals surface area contributed by atoms with E-state index < -0.39 is 0 Å². The molecule has 0 saturated heterocycles. The molecule has 0 saturated carbocycles. The van der Waals surface area contributed by atoms with Gasteiger partial charge < -0.3 is 4.90 Å². The zero-order valence-electron chi connectivity index (χ0n) is 10.0. The van der Waals surface area contributed by atoms with E-state index >= 15 is 0 Å². The highest BCUT2D eigenvalue weighted by Crippen LogP contribution is 2.13. The van der Waals surface area contributed by atoms with Crippen LogP contribution in [0.1, 0.15) is 34.6 Å². The van der Waals surface area contributed by atoms with E-state index in [1.54, 1.807) is 6.92 Å². The third-order valence-corrected chi connectivity index (χ3v) is 2.68. The molecule has 86 valence electrons. The molecule has 0 rings (SSSR count). The van der Waals surface area contributed by atoms with Gasteiger partial charge >= 0.3 is 0 Å². The Morgan fingerprint density at radius 3 is 1.86 bits per heavy atom. The highest BCUT2D eigenvalue weighted by molar-refractivity contribution is 5.85. The summed E-state index contributed by atoms with van der Waals surface area (Å²) in [6.45, 7) is 13.2. The minimum Gasteiger partial charge on any atom is -0.303 e. The Labute approximate surface area is 94.5 Å². The molecule has 0 aromatic heterocycles. The molecule has 0 aromatic rings. The second-order valence-corrected chi connectivity index (χ2v) is 3.95. The average Bonchev–Trinajstić information content (AvgIpc) is 2.05. The third kappa shape index (κ3) is 5.61. The summed E-state index contributed by atoms with van der Waals surface area (Å²) in [5.74, 6) is 0.986. The molecule has 1 unspecified atom stereocenters. The average molecular weight is 222 g/mol. The van der Waals surface area contributed by atoms with Gasteiger partial charge in [0.2, 0.25) is 0 Å². The van der Waals surface area contributed by atoms with E-state index in [9.17, 15) is 4.79 Å². The fourth-order valence-corrected chi connectivity index (χ4v) is 1.57. The molecule has 0 amide bonds. The minimum absolute atomic E-state index is 0. The molecule has 2 nitrogen and oxygen atoms in total. The van der Waals surface area contributed by atoms with Gasteiger partial charge in [-0.3, -0.25) is 4.79 Å². The Morgan fingerprint density at radius 2 is 1.64 bits per heavy atom. The van der Waals surface area contributed by atoms with Gasteiger partial charge in [0.25, 0.3) is 0 Å². The van der Waals surface area contributed by atoms with Crippen LogP contribution < -0.4 is 0 Å². The fraction of sp³-hybridized carbons (Fsp3) is 0.909. The lowest BCUT2D eigenvalue weighted by Gasteiger charge is -2.25. The Kier molecular flexibility index (Phi) is 9.63. The number of hydrogen-bond donors (Lipinski definition) is 0. The van der Waals surface area contributed by atoms with E-state index in [-0.39, 0.29) is 18.3 Å². The van der Waals surface area contributed by atoms with Crippen LogP contribution in [0.5, 0.6) is 0 Å². The first-order valence-corrected chi connectivity index (χ1v) is 5.25. The van der Waals surface area contributed by atoms with Crippen molar-refractivity contribution in [2.45, 2.75) is 34.6 Å². The second kappa shape index (κ2) is 8.25. The summed E-state index contributed by atoms with van der Waals surface area (Å²) in [5.41, 5.74) is 0. The molecule has 0 spiro atoms. The Hall–Kier alpha value is -0.0800. The van der Waals surface area contributed by atoms with Crippen LogP contribution in [-0.2, 0) is 4.79 Å². The first-order chi connectivity index (χ1) is 6.02. The third-order valence-electron chi connectivity index (χ3n) is 2.68. The normalized spacial score (nSPS) is 12.8. The SMILES string of the molecule is CCN(CC)CC(C(C)=O)C(C)C.Cl. The first-order valence-electron chi connectivity index (χ1n) is 5.25. The van der Waals surface area contributed by atoms with Crippen molar-refractivity contribution in [1.29, 1.82) is 0 Å². The summed E-state index contributed by atoms with van der Waals surface area (Å²) in [7, 11) is 0. The van der Waals surface area contributed by atoms with Gasteiger partial charge in [-0.25, -0.2) is 0 Å². The van der Waals surface area contributed by atoms with E-state index in [4.69, 9.17) is 0 Å². The monoisotopic (exact) mass is 221 g/mol. The van der Waals surface area contributed by atoms with Crippen LogP contribution in [-0.4, -0.2) is 30.3 Å². The van der Waals surface area contributed by atoms with Crippen molar-refractivity contribution in [2.24, 2.45) is 11.8 Å². The van der Waals surface area contributed by atoms with E-state index in [0.717, 1.165) is 19.6 Å². The molecule has 0 N–H and O–H groups in total. The van der Waals surface area contributed by atoms with Gasteiger partial charge in [0.1, 0.15) is 5.78 Å². The number of hydrogen-bond acceptors (Lipinski definition) is 2. The lowest BCUT2D eigenvalue weighted by atomic mass is 9.92. The van der Waals surface area contributed by atoms with Crippen molar-refractivity contribution in [2.75, 3.05) is 19.6 Å². The number of carbonyl (C=O) groups is 1. The molecule has 3 heteroatoms. The molecule has 0 aliphatic heterocycles. The first kappa shape index (κ1) is 16.4. The number of carbonyl (C=O) groups excluding carboxylic acids is 1. The fourth-order valence-electron chi connectivity index (χ4n) is 1.57. The predicted molar refractivity (Wildman–Crippen MR) is 64.0 cm³/mol. The zero-order valence-corrected chi connectivity index (χ0v) is 10.9. The zero-order chi connectivity index (χ0) is 10.4. The molecule has 0 heterocycles. The summed E-state index contributed by atoms with van der Waals surface area (Å²) in [5, 5.41) is 0. The Balaban J connectivity index is 0. The molecule has 0 aromatic carbocycles. The molecule has 0 fully saturated rings. The number of halogens is 1. The van der Waals surface area contributed by atoms with Gasteiger partial charge in [-0.2, -0.15) is 0 Å². The van der Waals surface area contributed by atoms with Crippen molar-refractivity contribution < 1.29 is 4.79 Å². The van der Waals surface area contributed by atoms with Crippen LogP contribution in [0.25, 0.3) is 0 Å². The second-order valence-electron chi connectivity index (χ2n) is 3.95. The largest absolute Gasteiger partial charge is 0.303 e. The molecule has 0 bridgehead atoms. The molecule has 0 aliphatic carbocycles. The van der Waals surface area contributed by atoms with E-state index in [1.165, 1.54) is 0 Å². The molecule has 14 heavy (non-hydrogen) atoms. The lowest BCUT2D eigenvalue weighted by Crippen LogP contribution is -2.34. The van der Waals surface area contributed by atoms with Crippen molar-refractivity contribution in [3.63, 3.8) is 0 Å². The maximum atomic E-state index is 11.3. The van der Waals surface area contributed by atoms with Crippen molar-refractivity contribution in [3.8, 4) is 0 Å². The Bertz CT molecular complexity index is 155. The number of nitrogens with zero attached hydrogens (tertiary/aromatic N) is 1. The van der Waals surface area contributed by atoms with Crippen molar-refractivity contribution in [1.82, 2.24) is 4.90 Å². The van der Waals surface area contributed by atoms with E-state index in [2.05, 4.69) is 32.6 Å². The van der Waals surface area contributed by atoms with Gasteiger partial charge in [-0.1, -0.05) is 27.7 Å². The van der Waals surface area contributed by atoms with Crippen LogP contribution in [0, 0.1) is 11.8 Å². The van der Waals surface area contributed by atoms with Crippen LogP contribution in [0.15, 0.2) is 0 Å². The highest BCUT2D eigenvalue weighted by atomic mass is 35.5.